The Morgan fingerprint density at radius 3 is 2.06 bits per heavy atom. The summed E-state index contributed by atoms with van der Waals surface area (Å²) in [4.78, 5) is 34.1. The molecule has 1 amide bonds. The van der Waals surface area contributed by atoms with Gasteiger partial charge in [0, 0.05) is 18.1 Å². The van der Waals surface area contributed by atoms with Gasteiger partial charge in [0.2, 0.25) is 0 Å². The van der Waals surface area contributed by atoms with Crippen LogP contribution in [0.5, 0.6) is 0 Å². The number of alkyl carbamates (subject to hydrolysis) is 1. The highest BCUT2D eigenvalue weighted by atomic mass is 16.6. The third-order valence-electron chi connectivity index (χ3n) is 5.52. The molecule has 0 fully saturated rings. The molecular weight excluding hydrogens is 412 g/mol. The molecule has 0 aliphatic heterocycles. The second-order valence-electron chi connectivity index (χ2n) is 7.47. The summed E-state index contributed by atoms with van der Waals surface area (Å²) >= 11 is 0. The van der Waals surface area contributed by atoms with Crippen molar-refractivity contribution in [3.05, 3.63) is 99.6 Å². The van der Waals surface area contributed by atoms with E-state index in [1.807, 2.05) is 48.5 Å². The van der Waals surface area contributed by atoms with E-state index < -0.39 is 23.0 Å². The van der Waals surface area contributed by atoms with Gasteiger partial charge in [0.25, 0.3) is 5.69 Å². The number of amides is 1. The summed E-state index contributed by atoms with van der Waals surface area (Å²) < 4.78 is 5.48. The fourth-order valence-electron chi connectivity index (χ4n) is 4.04. The number of carbonyl (C=O) groups excluding carboxylic acids is 1. The number of aliphatic carboxylic acids is 1. The van der Waals surface area contributed by atoms with Gasteiger partial charge in [0.15, 0.2) is 0 Å². The van der Waals surface area contributed by atoms with Crippen LogP contribution in [0, 0.1) is 10.1 Å². The van der Waals surface area contributed by atoms with Gasteiger partial charge in [0.05, 0.1) is 17.4 Å². The molecule has 0 saturated carbocycles. The molecule has 2 N–H and O–H groups in total. The van der Waals surface area contributed by atoms with E-state index in [2.05, 4.69) is 5.32 Å². The first-order chi connectivity index (χ1) is 15.4. The van der Waals surface area contributed by atoms with Crippen LogP contribution in [-0.2, 0) is 9.53 Å². The molecule has 1 aliphatic carbocycles. The number of hydrogen-bond acceptors (Lipinski definition) is 5. The van der Waals surface area contributed by atoms with E-state index in [9.17, 15) is 24.8 Å². The molecule has 3 aromatic carbocycles. The third kappa shape index (κ3) is 4.29. The first-order valence-electron chi connectivity index (χ1n) is 10.0. The Bertz CT molecular complexity index is 1130. The van der Waals surface area contributed by atoms with Crippen molar-refractivity contribution in [1.82, 2.24) is 5.32 Å². The zero-order valence-electron chi connectivity index (χ0n) is 16.9. The maximum absolute atomic E-state index is 12.5. The number of nitrogens with zero attached hydrogens (tertiary/aromatic N) is 1. The number of carbonyl (C=O) groups is 2. The summed E-state index contributed by atoms with van der Waals surface area (Å²) in [6, 6.07) is 20.4. The number of carboxylic acid groups (broad SMARTS) is 1. The first-order valence-corrected chi connectivity index (χ1v) is 10.0. The lowest BCUT2D eigenvalue weighted by molar-refractivity contribution is -0.384. The number of ether oxygens (including phenoxy) is 1. The lowest BCUT2D eigenvalue weighted by atomic mass is 9.98. The molecule has 1 atom stereocenters. The van der Waals surface area contributed by atoms with Crippen molar-refractivity contribution in [3.8, 4) is 11.1 Å². The predicted molar refractivity (Wildman–Crippen MR) is 116 cm³/mol. The van der Waals surface area contributed by atoms with Crippen LogP contribution in [0.15, 0.2) is 72.8 Å². The molecule has 0 heterocycles. The van der Waals surface area contributed by atoms with Crippen LogP contribution in [0.4, 0.5) is 10.5 Å². The van der Waals surface area contributed by atoms with Crippen molar-refractivity contribution in [1.29, 1.82) is 0 Å². The minimum absolute atomic E-state index is 0.0971. The van der Waals surface area contributed by atoms with Crippen molar-refractivity contribution >= 4 is 17.7 Å². The summed E-state index contributed by atoms with van der Waals surface area (Å²) in [5, 5.41) is 22.6. The topological polar surface area (TPSA) is 119 Å². The standard InChI is InChI=1S/C24H20N2O6/c27-23(28)13-22(15-9-11-16(12-10-15)26(30)31)25-24(29)32-14-21-19-7-3-1-5-17(19)18-6-2-4-8-20(18)21/h1-12,21-22H,13-14H2,(H,25,29)(H,27,28)/t22-/m1/s1. The van der Waals surface area contributed by atoms with Gasteiger partial charge >= 0.3 is 12.1 Å². The van der Waals surface area contributed by atoms with Crippen LogP contribution in [0.2, 0.25) is 0 Å². The van der Waals surface area contributed by atoms with E-state index in [-0.39, 0.29) is 24.6 Å². The monoisotopic (exact) mass is 432 g/mol. The van der Waals surface area contributed by atoms with Crippen molar-refractivity contribution in [3.63, 3.8) is 0 Å². The van der Waals surface area contributed by atoms with Gasteiger partial charge in [-0.05, 0) is 27.8 Å². The normalized spacial score (nSPS) is 13.0. The molecule has 3 aromatic rings. The molecule has 4 rings (SSSR count). The maximum Gasteiger partial charge on any atom is 0.407 e. The van der Waals surface area contributed by atoms with Crippen LogP contribution >= 0.6 is 0 Å². The zero-order valence-corrected chi connectivity index (χ0v) is 16.9. The van der Waals surface area contributed by atoms with Crippen molar-refractivity contribution in [2.75, 3.05) is 6.61 Å². The molecule has 1 aliphatic rings. The number of nitrogens with one attached hydrogen (secondary N) is 1. The smallest absolute Gasteiger partial charge is 0.407 e. The minimum Gasteiger partial charge on any atom is -0.481 e. The van der Waals surface area contributed by atoms with Gasteiger partial charge < -0.3 is 15.2 Å². The van der Waals surface area contributed by atoms with Crippen LogP contribution < -0.4 is 5.32 Å². The number of nitro benzene ring substituents is 1. The van der Waals surface area contributed by atoms with E-state index in [1.54, 1.807) is 0 Å². The summed E-state index contributed by atoms with van der Waals surface area (Å²) in [5.74, 6) is -1.24. The Morgan fingerprint density at radius 1 is 0.969 bits per heavy atom. The fourth-order valence-corrected chi connectivity index (χ4v) is 4.04. The van der Waals surface area contributed by atoms with Gasteiger partial charge in [-0.25, -0.2) is 4.79 Å². The Balaban J connectivity index is 1.47. The number of benzene rings is 3. The van der Waals surface area contributed by atoms with Gasteiger partial charge in [-0.15, -0.1) is 0 Å². The highest BCUT2D eigenvalue weighted by Crippen LogP contribution is 2.44. The van der Waals surface area contributed by atoms with Crippen molar-refractivity contribution < 1.29 is 24.4 Å². The van der Waals surface area contributed by atoms with Gasteiger partial charge in [-0.3, -0.25) is 14.9 Å². The average molecular weight is 432 g/mol. The molecule has 0 saturated heterocycles. The largest absolute Gasteiger partial charge is 0.481 e. The van der Waals surface area contributed by atoms with E-state index in [0.717, 1.165) is 22.3 Å². The highest BCUT2D eigenvalue weighted by Gasteiger charge is 2.29. The van der Waals surface area contributed by atoms with Gasteiger partial charge in [0.1, 0.15) is 6.61 Å². The maximum atomic E-state index is 12.5. The molecule has 0 aromatic heterocycles. The number of non-ortho nitro benzene ring substituents is 1. The Labute approximate surface area is 183 Å². The van der Waals surface area contributed by atoms with Crippen LogP contribution in [-0.4, -0.2) is 28.7 Å². The van der Waals surface area contributed by atoms with Gasteiger partial charge in [-0.1, -0.05) is 60.7 Å². The zero-order chi connectivity index (χ0) is 22.7. The van der Waals surface area contributed by atoms with Crippen LogP contribution in [0.1, 0.15) is 35.1 Å². The number of fused-ring (bicyclic) bond motifs is 3. The highest BCUT2D eigenvalue weighted by molar-refractivity contribution is 5.79. The molecule has 8 nitrogen and oxygen atoms in total. The van der Waals surface area contributed by atoms with Crippen LogP contribution in [0.3, 0.4) is 0 Å². The number of hydrogen-bond donors (Lipinski definition) is 2. The molecule has 32 heavy (non-hydrogen) atoms. The van der Waals surface area contributed by atoms with Crippen LogP contribution in [0.25, 0.3) is 11.1 Å². The summed E-state index contributed by atoms with van der Waals surface area (Å²) in [7, 11) is 0. The molecule has 0 unspecified atom stereocenters. The Morgan fingerprint density at radius 2 is 1.53 bits per heavy atom. The van der Waals surface area contributed by atoms with Crippen molar-refractivity contribution in [2.24, 2.45) is 0 Å². The molecular formula is C24H20N2O6. The minimum atomic E-state index is -1.12. The number of carboxylic acids is 1. The molecule has 162 valence electrons. The molecule has 0 spiro atoms. The SMILES string of the molecule is O=C(O)C[C@@H](NC(=O)OCC1c2ccccc2-c2ccccc21)c1ccc([N+](=O)[O-])cc1. The fraction of sp³-hybridized carbons (Fsp3) is 0.167. The summed E-state index contributed by atoms with van der Waals surface area (Å²) in [6.45, 7) is 0.0971. The van der Waals surface area contributed by atoms with Crippen molar-refractivity contribution in [2.45, 2.75) is 18.4 Å². The predicted octanol–water partition coefficient (Wildman–Crippen LogP) is 4.65. The second kappa shape index (κ2) is 8.89. The Kier molecular flexibility index (Phi) is 5.85. The lowest BCUT2D eigenvalue weighted by Gasteiger charge is -2.19. The first kappa shape index (κ1) is 21.0. The number of rotatable bonds is 7. The Hall–Kier alpha value is -4.20. The number of nitro groups is 1. The van der Waals surface area contributed by atoms with Gasteiger partial charge in [-0.2, -0.15) is 0 Å². The van der Waals surface area contributed by atoms with E-state index in [4.69, 9.17) is 4.74 Å². The second-order valence-corrected chi connectivity index (χ2v) is 7.47. The summed E-state index contributed by atoms with van der Waals surface area (Å²) in [5.41, 5.74) is 4.66. The molecule has 8 heteroatoms. The van der Waals surface area contributed by atoms with E-state index in [0.29, 0.717) is 5.56 Å². The summed E-state index contributed by atoms with van der Waals surface area (Å²) in [6.07, 6.45) is -1.14. The van der Waals surface area contributed by atoms with E-state index in [1.165, 1.54) is 24.3 Å². The average Bonchev–Trinajstić information content (AvgIpc) is 3.11. The third-order valence-corrected chi connectivity index (χ3v) is 5.52. The van der Waals surface area contributed by atoms with E-state index >= 15 is 0 Å². The molecule has 0 bridgehead atoms. The quantitative estimate of drug-likeness (QED) is 0.414. The lowest BCUT2D eigenvalue weighted by Crippen LogP contribution is -2.31. The molecule has 0 radical (unpaired) electrons.